The van der Waals surface area contributed by atoms with Gasteiger partial charge in [0.2, 0.25) is 5.60 Å². The maximum Gasteiger partial charge on any atom is 0.413 e. The lowest BCUT2D eigenvalue weighted by atomic mass is 10.0. The Kier molecular flexibility index (Phi) is 13.4. The molecule has 2 aromatic rings. The Hall–Kier alpha value is -4.68. The molecule has 2 atom stereocenters. The van der Waals surface area contributed by atoms with Gasteiger partial charge in [0.25, 0.3) is 11.8 Å². The molecule has 3 heterocycles. The highest BCUT2D eigenvalue weighted by Crippen LogP contribution is 2.41. The summed E-state index contributed by atoms with van der Waals surface area (Å²) in [5, 5.41) is 10.1. The van der Waals surface area contributed by atoms with E-state index < -0.39 is 58.1 Å². The molecule has 0 radical (unpaired) electrons. The Balaban J connectivity index is 1.57. The summed E-state index contributed by atoms with van der Waals surface area (Å²) in [4.78, 5) is 77.7. The van der Waals surface area contributed by atoms with Crippen LogP contribution in [-0.2, 0) is 49.6 Å². The first-order chi connectivity index (χ1) is 25.2. The van der Waals surface area contributed by atoms with Crippen molar-refractivity contribution in [2.75, 3.05) is 31.4 Å². The van der Waals surface area contributed by atoms with Gasteiger partial charge in [0, 0.05) is 17.7 Å². The topological polar surface area (TPSA) is 193 Å². The van der Waals surface area contributed by atoms with Crippen molar-refractivity contribution in [2.24, 2.45) is 5.16 Å². The quantitative estimate of drug-likeness (QED) is 0.0875. The van der Waals surface area contributed by atoms with Crippen molar-refractivity contribution in [3.8, 4) is 5.75 Å². The summed E-state index contributed by atoms with van der Waals surface area (Å²) in [6.07, 6.45) is -0.766. The van der Waals surface area contributed by atoms with Crippen molar-refractivity contribution in [1.82, 2.24) is 15.2 Å². The number of aromatic nitrogens is 1. The molecule has 2 aliphatic heterocycles. The maximum absolute atomic E-state index is 13.9. The van der Waals surface area contributed by atoms with E-state index in [9.17, 15) is 24.0 Å². The van der Waals surface area contributed by atoms with Crippen molar-refractivity contribution >= 4 is 63.8 Å². The highest BCUT2D eigenvalue weighted by atomic mass is 32.2. The number of esters is 2. The Bertz CT molecular complexity index is 1790. The Labute approximate surface area is 322 Å². The van der Waals surface area contributed by atoms with Gasteiger partial charge in [-0.1, -0.05) is 17.3 Å². The summed E-state index contributed by atoms with van der Waals surface area (Å²) in [5.41, 5.74) is -2.31. The van der Waals surface area contributed by atoms with Gasteiger partial charge < -0.3 is 33.8 Å². The second-order valence-corrected chi connectivity index (χ2v) is 16.5. The highest BCUT2D eigenvalue weighted by molar-refractivity contribution is 8.00. The number of β-lactam (4-membered cyclic amide) rings is 1. The zero-order chi connectivity index (χ0) is 40.0. The molecule has 2 aliphatic rings. The molecule has 0 saturated carbocycles. The number of hydrogen-bond acceptors (Lipinski definition) is 15. The second kappa shape index (κ2) is 17.2. The van der Waals surface area contributed by atoms with Crippen molar-refractivity contribution in [3.63, 3.8) is 0 Å². The van der Waals surface area contributed by atoms with Gasteiger partial charge >= 0.3 is 18.0 Å². The van der Waals surface area contributed by atoms with Crippen LogP contribution in [0.4, 0.5) is 9.93 Å². The number of thiazole rings is 1. The summed E-state index contributed by atoms with van der Waals surface area (Å²) >= 11 is 2.32. The van der Waals surface area contributed by atoms with E-state index in [4.69, 9.17) is 28.5 Å². The molecular weight excluding hydrogens is 743 g/mol. The first-order valence-corrected chi connectivity index (χ1v) is 19.0. The third-order valence-electron chi connectivity index (χ3n) is 7.36. The molecule has 1 saturated heterocycles. The molecule has 0 aliphatic carbocycles. The lowest BCUT2D eigenvalue weighted by Gasteiger charge is -2.49. The zero-order valence-corrected chi connectivity index (χ0v) is 33.7. The summed E-state index contributed by atoms with van der Waals surface area (Å²) < 4.78 is 27.2. The van der Waals surface area contributed by atoms with E-state index in [1.807, 2.05) is 6.92 Å². The van der Waals surface area contributed by atoms with Gasteiger partial charge in [-0.2, -0.15) is 0 Å². The molecular formula is C36H47N5O11S2. The number of ether oxygens (including phenoxy) is 5. The minimum Gasteiger partial charge on any atom is -0.497 e. The largest absolute Gasteiger partial charge is 0.497 e. The van der Waals surface area contributed by atoms with Crippen molar-refractivity contribution in [2.45, 2.75) is 97.1 Å². The fraction of sp³-hybridized carbons (Fsp3) is 0.528. The van der Waals surface area contributed by atoms with Crippen molar-refractivity contribution < 1.29 is 52.5 Å². The molecule has 4 rings (SSSR count). The molecule has 0 unspecified atom stereocenters. The van der Waals surface area contributed by atoms with Gasteiger partial charge in [0.05, 0.1) is 13.7 Å². The van der Waals surface area contributed by atoms with E-state index in [-0.39, 0.29) is 35.4 Å². The van der Waals surface area contributed by atoms with E-state index >= 15 is 0 Å². The summed E-state index contributed by atoms with van der Waals surface area (Å²) in [5.74, 6) is -1.91. The van der Waals surface area contributed by atoms with Crippen LogP contribution in [0.1, 0.15) is 73.6 Å². The SMILES string of the molecule is CCOCC1=C(C(=O)OCc2ccc(OC)cc2)N2C(=O)[C@@H](NC(=O)/C(=N\OC(C)(C)C(=O)OC(C)(C)C)c3csc(NC(=O)OC(C)(C)C)n3)[C@H]2SC1. The third kappa shape index (κ3) is 10.9. The predicted octanol–water partition coefficient (Wildman–Crippen LogP) is 4.77. The van der Waals surface area contributed by atoms with Crippen LogP contribution in [0.15, 0.2) is 46.1 Å². The molecule has 1 aromatic heterocycles. The van der Waals surface area contributed by atoms with E-state index in [1.54, 1.807) is 72.9 Å². The minimum absolute atomic E-state index is 0.0230. The van der Waals surface area contributed by atoms with Gasteiger partial charge in [-0.25, -0.2) is 19.4 Å². The number of anilines is 1. The van der Waals surface area contributed by atoms with Crippen LogP contribution in [-0.4, -0.2) is 99.7 Å². The lowest BCUT2D eigenvalue weighted by Crippen LogP contribution is -2.71. The van der Waals surface area contributed by atoms with Gasteiger partial charge in [-0.3, -0.25) is 19.8 Å². The molecule has 294 valence electrons. The zero-order valence-electron chi connectivity index (χ0n) is 32.0. The fourth-order valence-electron chi connectivity index (χ4n) is 4.79. The van der Waals surface area contributed by atoms with E-state index in [0.717, 1.165) is 11.3 Å². The van der Waals surface area contributed by atoms with Crippen LogP contribution in [0.5, 0.6) is 5.75 Å². The number of nitrogens with zero attached hydrogens (tertiary/aromatic N) is 3. The van der Waals surface area contributed by atoms with Crippen LogP contribution >= 0.6 is 23.1 Å². The van der Waals surface area contributed by atoms with Gasteiger partial charge in [-0.05, 0) is 85.6 Å². The van der Waals surface area contributed by atoms with E-state index in [1.165, 1.54) is 35.9 Å². The number of carbonyl (C=O) groups excluding carboxylic acids is 5. The average molecular weight is 790 g/mol. The van der Waals surface area contributed by atoms with Crippen molar-refractivity contribution in [3.05, 3.63) is 52.2 Å². The number of carbonyl (C=O) groups is 5. The number of amides is 3. The number of methoxy groups -OCH3 is 1. The smallest absolute Gasteiger partial charge is 0.413 e. The van der Waals surface area contributed by atoms with E-state index in [0.29, 0.717) is 29.2 Å². The first kappa shape index (κ1) is 42.1. The molecule has 0 bridgehead atoms. The highest BCUT2D eigenvalue weighted by Gasteiger charge is 2.55. The molecule has 3 amide bonds. The number of benzene rings is 1. The minimum atomic E-state index is -1.64. The van der Waals surface area contributed by atoms with Crippen LogP contribution in [0.25, 0.3) is 0 Å². The number of rotatable bonds is 14. The van der Waals surface area contributed by atoms with Crippen LogP contribution < -0.4 is 15.4 Å². The molecule has 16 nitrogen and oxygen atoms in total. The van der Waals surface area contributed by atoms with Gasteiger partial charge in [0.15, 0.2) is 10.8 Å². The van der Waals surface area contributed by atoms with Crippen LogP contribution in [0.3, 0.4) is 0 Å². The molecule has 0 spiro atoms. The average Bonchev–Trinajstić information content (AvgIpc) is 3.54. The predicted molar refractivity (Wildman–Crippen MR) is 201 cm³/mol. The number of nitrogens with one attached hydrogen (secondary N) is 2. The molecule has 54 heavy (non-hydrogen) atoms. The third-order valence-corrected chi connectivity index (χ3v) is 9.46. The van der Waals surface area contributed by atoms with Crippen molar-refractivity contribution in [1.29, 1.82) is 0 Å². The number of thioether (sulfide) groups is 1. The monoisotopic (exact) mass is 789 g/mol. The molecule has 18 heteroatoms. The number of fused-ring (bicyclic) bond motifs is 1. The fourth-order valence-corrected chi connectivity index (χ4v) is 6.80. The Morgan fingerprint density at radius 2 is 1.65 bits per heavy atom. The molecule has 1 aromatic carbocycles. The van der Waals surface area contributed by atoms with Crippen LogP contribution in [0.2, 0.25) is 0 Å². The summed E-state index contributed by atoms with van der Waals surface area (Å²) in [6.45, 7) is 15.3. The normalized spacial score (nSPS) is 17.6. The Morgan fingerprint density at radius 1 is 0.981 bits per heavy atom. The molecule has 1 fully saturated rings. The lowest BCUT2D eigenvalue weighted by molar-refractivity contribution is -0.179. The standard InChI is InChI=1S/C36H47N5O11S2/c1-11-48-17-21-18-53-29-25(28(43)41(29)26(21)30(44)49-16-20-12-14-22(47-10)15-13-20)38-27(42)24(40-52-36(8,9)31(45)50-34(2,3)4)23-19-54-32(37-23)39-33(46)51-35(5,6)7/h12-15,19,25,29H,11,16-18H2,1-10H3,(H,38,42)(H,37,39,46)/b40-24-/t25-,29-/m1/s1. The van der Waals surface area contributed by atoms with Gasteiger partial charge in [-0.15, -0.1) is 23.1 Å². The Morgan fingerprint density at radius 3 is 2.26 bits per heavy atom. The van der Waals surface area contributed by atoms with Gasteiger partial charge in [0.1, 0.15) is 46.4 Å². The van der Waals surface area contributed by atoms with E-state index in [2.05, 4.69) is 20.8 Å². The van der Waals surface area contributed by atoms with Crippen LogP contribution in [0, 0.1) is 0 Å². The second-order valence-electron chi connectivity index (χ2n) is 14.6. The number of oxime groups is 1. The first-order valence-electron chi connectivity index (χ1n) is 17.0. The maximum atomic E-state index is 13.9. The molecule has 2 N–H and O–H groups in total. The summed E-state index contributed by atoms with van der Waals surface area (Å²) in [6, 6.07) is 5.93. The summed E-state index contributed by atoms with van der Waals surface area (Å²) in [7, 11) is 1.55. The number of hydrogen-bond donors (Lipinski definition) is 2.